The second-order valence-corrected chi connectivity index (χ2v) is 8.11. The molecule has 1 amide bonds. The Labute approximate surface area is 162 Å². The molecule has 0 bridgehead atoms. The lowest BCUT2D eigenvalue weighted by Crippen LogP contribution is -2.16. The van der Waals surface area contributed by atoms with Crippen LogP contribution in [0.2, 0.25) is 0 Å². The Morgan fingerprint density at radius 1 is 1.11 bits per heavy atom. The van der Waals surface area contributed by atoms with Crippen molar-refractivity contribution in [3.05, 3.63) is 70.6 Å². The Bertz CT molecular complexity index is 1130. The van der Waals surface area contributed by atoms with E-state index >= 15 is 0 Å². The van der Waals surface area contributed by atoms with Gasteiger partial charge in [-0.3, -0.25) is 4.79 Å². The molecule has 2 aromatic heterocycles. The van der Waals surface area contributed by atoms with Crippen LogP contribution in [0.4, 0.5) is 10.2 Å². The average molecular weight is 396 g/mol. The lowest BCUT2D eigenvalue weighted by Gasteiger charge is -2.10. The zero-order valence-corrected chi connectivity index (χ0v) is 15.6. The van der Waals surface area contributed by atoms with Crippen LogP contribution in [0, 0.1) is 5.82 Å². The molecule has 27 heavy (non-hydrogen) atoms. The number of para-hydroxylation sites is 1. The summed E-state index contributed by atoms with van der Waals surface area (Å²) in [4.78, 5) is 17.3. The van der Waals surface area contributed by atoms with Gasteiger partial charge in [-0.2, -0.15) is 16.9 Å². The molecule has 1 N–H and O–H groups in total. The van der Waals surface area contributed by atoms with Crippen LogP contribution in [-0.2, 0) is 11.5 Å². The van der Waals surface area contributed by atoms with Gasteiger partial charge in [-0.25, -0.2) is 14.1 Å². The summed E-state index contributed by atoms with van der Waals surface area (Å²) in [7, 11) is 0. The lowest BCUT2D eigenvalue weighted by molar-refractivity contribution is 0.102. The number of thioether (sulfide) groups is 1. The van der Waals surface area contributed by atoms with Gasteiger partial charge in [-0.05, 0) is 36.4 Å². The third kappa shape index (κ3) is 2.90. The molecule has 0 saturated heterocycles. The number of carbonyl (C=O) groups excluding carboxylic acids is 1. The summed E-state index contributed by atoms with van der Waals surface area (Å²) >= 11 is 3.11. The van der Waals surface area contributed by atoms with Crippen molar-refractivity contribution < 1.29 is 9.18 Å². The Morgan fingerprint density at radius 2 is 1.93 bits per heavy atom. The molecule has 0 aliphatic carbocycles. The highest BCUT2D eigenvalue weighted by molar-refractivity contribution is 7.98. The SMILES string of the molecule is O=C(Nc1c2c(nn1-c1ccc(F)cc1)CSC2)c1nc2ccccc2s1. The largest absolute Gasteiger partial charge is 0.304 e. The van der Waals surface area contributed by atoms with Crippen LogP contribution in [0.5, 0.6) is 0 Å². The summed E-state index contributed by atoms with van der Waals surface area (Å²) in [5.41, 5.74) is 3.47. The Morgan fingerprint density at radius 3 is 2.74 bits per heavy atom. The molecule has 5 rings (SSSR count). The zero-order chi connectivity index (χ0) is 18.4. The number of anilines is 1. The van der Waals surface area contributed by atoms with Crippen LogP contribution < -0.4 is 5.32 Å². The van der Waals surface area contributed by atoms with E-state index in [1.54, 1.807) is 28.6 Å². The number of benzene rings is 2. The highest BCUT2D eigenvalue weighted by atomic mass is 32.2. The van der Waals surface area contributed by atoms with E-state index in [0.717, 1.165) is 33.0 Å². The minimum Gasteiger partial charge on any atom is -0.304 e. The maximum absolute atomic E-state index is 13.3. The van der Waals surface area contributed by atoms with Crippen molar-refractivity contribution in [3.8, 4) is 5.69 Å². The number of nitrogens with zero attached hydrogens (tertiary/aromatic N) is 3. The van der Waals surface area contributed by atoms with Crippen LogP contribution in [0.15, 0.2) is 48.5 Å². The van der Waals surface area contributed by atoms with Gasteiger partial charge in [-0.15, -0.1) is 11.3 Å². The fourth-order valence-electron chi connectivity index (χ4n) is 3.04. The molecule has 2 aromatic carbocycles. The summed E-state index contributed by atoms with van der Waals surface area (Å²) in [5.74, 6) is 1.64. The predicted molar refractivity (Wildman–Crippen MR) is 106 cm³/mol. The molecule has 4 aromatic rings. The van der Waals surface area contributed by atoms with Crippen molar-refractivity contribution in [2.45, 2.75) is 11.5 Å². The number of nitrogens with one attached hydrogen (secondary N) is 1. The molecule has 0 saturated carbocycles. The quantitative estimate of drug-likeness (QED) is 0.549. The molecule has 1 aliphatic rings. The minimum atomic E-state index is -0.311. The van der Waals surface area contributed by atoms with Gasteiger partial charge in [0, 0.05) is 17.1 Å². The smallest absolute Gasteiger partial charge is 0.285 e. The average Bonchev–Trinajstić information content (AvgIpc) is 3.37. The number of carbonyl (C=O) groups is 1. The molecule has 0 spiro atoms. The molecule has 5 nitrogen and oxygen atoms in total. The standard InChI is InChI=1S/C19H13FN4OS2/c20-11-5-7-12(8-6-11)24-17(13-9-26-10-15(13)23-24)22-18(25)19-21-14-3-1-2-4-16(14)27-19/h1-8H,9-10H2,(H,22,25). The molecule has 8 heteroatoms. The first kappa shape index (κ1) is 16.5. The number of amides is 1. The molecule has 0 fully saturated rings. The summed E-state index contributed by atoms with van der Waals surface area (Å²) in [6, 6.07) is 13.7. The van der Waals surface area contributed by atoms with E-state index in [1.165, 1.54) is 23.5 Å². The molecule has 0 unspecified atom stereocenters. The van der Waals surface area contributed by atoms with E-state index in [1.807, 2.05) is 24.3 Å². The van der Waals surface area contributed by atoms with Crippen molar-refractivity contribution in [3.63, 3.8) is 0 Å². The number of halogens is 1. The Balaban J connectivity index is 1.54. The zero-order valence-electron chi connectivity index (χ0n) is 14.0. The first-order chi connectivity index (χ1) is 13.2. The number of aromatic nitrogens is 3. The van der Waals surface area contributed by atoms with Crippen molar-refractivity contribution >= 4 is 45.0 Å². The maximum atomic E-state index is 13.3. The number of hydrogen-bond donors (Lipinski definition) is 1. The maximum Gasteiger partial charge on any atom is 0.285 e. The van der Waals surface area contributed by atoms with E-state index in [-0.39, 0.29) is 11.7 Å². The van der Waals surface area contributed by atoms with Gasteiger partial charge < -0.3 is 5.32 Å². The second kappa shape index (κ2) is 6.47. The predicted octanol–water partition coefficient (Wildman–Crippen LogP) is 4.62. The lowest BCUT2D eigenvalue weighted by atomic mass is 10.2. The first-order valence-electron chi connectivity index (χ1n) is 8.30. The second-order valence-electron chi connectivity index (χ2n) is 6.10. The van der Waals surface area contributed by atoms with Gasteiger partial charge in [0.25, 0.3) is 5.91 Å². The number of rotatable bonds is 3. The van der Waals surface area contributed by atoms with Gasteiger partial charge >= 0.3 is 0 Å². The molecule has 0 radical (unpaired) electrons. The highest BCUT2D eigenvalue weighted by Gasteiger charge is 2.25. The van der Waals surface area contributed by atoms with Crippen LogP contribution >= 0.6 is 23.1 Å². The molecular weight excluding hydrogens is 383 g/mol. The number of hydrogen-bond acceptors (Lipinski definition) is 5. The molecule has 3 heterocycles. The van der Waals surface area contributed by atoms with Crippen molar-refractivity contribution in [2.75, 3.05) is 5.32 Å². The van der Waals surface area contributed by atoms with Gasteiger partial charge in [0.15, 0.2) is 5.01 Å². The summed E-state index contributed by atoms with van der Waals surface area (Å²) in [5, 5.41) is 8.01. The third-order valence-electron chi connectivity index (χ3n) is 4.34. The number of fused-ring (bicyclic) bond motifs is 2. The third-order valence-corrected chi connectivity index (χ3v) is 6.35. The molecule has 1 aliphatic heterocycles. The monoisotopic (exact) mass is 396 g/mol. The fourth-order valence-corrected chi connectivity index (χ4v) is 4.94. The van der Waals surface area contributed by atoms with E-state index in [2.05, 4.69) is 15.4 Å². The summed E-state index contributed by atoms with van der Waals surface area (Å²) in [6.07, 6.45) is 0. The van der Waals surface area contributed by atoms with E-state index < -0.39 is 0 Å². The van der Waals surface area contributed by atoms with Crippen molar-refractivity contribution in [1.29, 1.82) is 0 Å². The van der Waals surface area contributed by atoms with Crippen molar-refractivity contribution in [2.24, 2.45) is 0 Å². The molecule has 0 atom stereocenters. The number of thiazole rings is 1. The highest BCUT2D eigenvalue weighted by Crippen LogP contribution is 2.36. The molecular formula is C19H13FN4OS2. The Hall–Kier alpha value is -2.71. The van der Waals surface area contributed by atoms with Gasteiger partial charge in [-0.1, -0.05) is 12.1 Å². The van der Waals surface area contributed by atoms with E-state index in [9.17, 15) is 9.18 Å². The summed E-state index contributed by atoms with van der Waals surface area (Å²) < 4.78 is 15.9. The normalized spacial score (nSPS) is 13.1. The Kier molecular flexibility index (Phi) is 3.95. The van der Waals surface area contributed by atoms with E-state index in [0.29, 0.717) is 16.5 Å². The van der Waals surface area contributed by atoms with Gasteiger partial charge in [0.2, 0.25) is 0 Å². The van der Waals surface area contributed by atoms with Gasteiger partial charge in [0.1, 0.15) is 11.6 Å². The first-order valence-corrected chi connectivity index (χ1v) is 10.3. The minimum absolute atomic E-state index is 0.265. The van der Waals surface area contributed by atoms with Crippen LogP contribution in [-0.4, -0.2) is 20.7 Å². The fraction of sp³-hybridized carbons (Fsp3) is 0.105. The van der Waals surface area contributed by atoms with Gasteiger partial charge in [0.05, 0.1) is 21.6 Å². The summed E-state index contributed by atoms with van der Waals surface area (Å²) in [6.45, 7) is 0. The van der Waals surface area contributed by atoms with Crippen LogP contribution in [0.3, 0.4) is 0 Å². The topological polar surface area (TPSA) is 59.8 Å². The van der Waals surface area contributed by atoms with Crippen LogP contribution in [0.25, 0.3) is 15.9 Å². The van der Waals surface area contributed by atoms with Crippen LogP contribution in [0.1, 0.15) is 21.1 Å². The van der Waals surface area contributed by atoms with E-state index in [4.69, 9.17) is 0 Å². The van der Waals surface area contributed by atoms with Crippen molar-refractivity contribution in [1.82, 2.24) is 14.8 Å². The molecule has 134 valence electrons.